The molecule has 0 radical (unpaired) electrons. The van der Waals surface area contributed by atoms with Gasteiger partial charge in [0.05, 0.1) is 33.8 Å². The van der Waals surface area contributed by atoms with Gasteiger partial charge in [-0.2, -0.15) is 57.0 Å². The zero-order valence-electron chi connectivity index (χ0n) is 35.9. The summed E-state index contributed by atoms with van der Waals surface area (Å²) in [6, 6.07) is 14.8. The molecule has 1 aromatic heterocycles. The van der Waals surface area contributed by atoms with E-state index in [2.05, 4.69) is 50.2 Å². The average molecular weight is 1160 g/mol. The molecule has 0 fully saturated rings. The highest BCUT2D eigenvalue weighted by molar-refractivity contribution is 7.99. The van der Waals surface area contributed by atoms with E-state index in [9.17, 15) is 80.4 Å². The van der Waals surface area contributed by atoms with Crippen LogP contribution in [0.15, 0.2) is 130 Å². The topological polar surface area (TPSA) is 471 Å². The van der Waals surface area contributed by atoms with Crippen LogP contribution in [0.1, 0.15) is 10.4 Å². The van der Waals surface area contributed by atoms with E-state index < -0.39 is 128 Å². The van der Waals surface area contributed by atoms with E-state index in [1.54, 1.807) is 0 Å². The van der Waals surface area contributed by atoms with Crippen LogP contribution in [0.5, 0.6) is 11.5 Å². The van der Waals surface area contributed by atoms with Crippen LogP contribution in [-0.2, 0) is 55.1 Å². The van der Waals surface area contributed by atoms with Crippen LogP contribution in [-0.4, -0.2) is 113 Å². The molecule has 74 heavy (non-hydrogen) atoms. The largest absolute Gasteiger partial charge is 0.505 e. The molecule has 0 atom stereocenters. The van der Waals surface area contributed by atoms with Gasteiger partial charge in [-0.15, -0.1) is 32.2 Å². The number of nitrogens with one attached hydrogen (secondary N) is 2. The molecule has 6 aromatic carbocycles. The minimum Gasteiger partial charge on any atom is -0.505 e. The molecule has 0 unspecified atom stereocenters. The molecule has 0 saturated carbocycles. The first kappa shape index (κ1) is 54.6. The van der Waals surface area contributed by atoms with E-state index in [1.165, 1.54) is 42.5 Å². The molecule has 0 amide bonds. The Morgan fingerprint density at radius 1 is 0.622 bits per heavy atom. The van der Waals surface area contributed by atoms with Crippen molar-refractivity contribution in [1.29, 1.82) is 0 Å². The molecular weight excluding hydrogens is 1130 g/mol. The Morgan fingerprint density at radius 2 is 1.22 bits per heavy atom. The Hall–Kier alpha value is -7.13. The molecule has 0 saturated heterocycles. The Balaban J connectivity index is 1.34. The third kappa shape index (κ3) is 12.8. The number of benzene rings is 6. The van der Waals surface area contributed by atoms with Crippen molar-refractivity contribution in [2.45, 2.75) is 24.5 Å². The molecule has 29 nitrogen and oxygen atoms in total. The molecule has 1 heterocycles. The first-order valence-corrected chi connectivity index (χ1v) is 27.9. The summed E-state index contributed by atoms with van der Waals surface area (Å²) >= 11 is 6.88. The van der Waals surface area contributed by atoms with Gasteiger partial charge in [0.2, 0.25) is 17.2 Å². The van der Waals surface area contributed by atoms with Crippen molar-refractivity contribution in [2.24, 2.45) is 20.5 Å². The van der Waals surface area contributed by atoms with E-state index in [0.717, 1.165) is 36.0 Å². The van der Waals surface area contributed by atoms with Crippen LogP contribution in [0.3, 0.4) is 0 Å². The summed E-state index contributed by atoms with van der Waals surface area (Å²) in [5, 5.41) is 50.9. The van der Waals surface area contributed by atoms with E-state index >= 15 is 0 Å². The predicted octanol–water partition coefficient (Wildman–Crippen LogP) is 7.16. The molecule has 7 aromatic rings. The molecule has 0 aliphatic heterocycles. The van der Waals surface area contributed by atoms with Crippen LogP contribution in [0.25, 0.3) is 21.5 Å². The maximum Gasteiger partial charge on any atom is 0.397 e. The van der Waals surface area contributed by atoms with Gasteiger partial charge in [0.15, 0.2) is 11.5 Å². The molecule has 0 bridgehead atoms. The predicted molar refractivity (Wildman–Crippen MR) is 258 cm³/mol. The van der Waals surface area contributed by atoms with Crippen molar-refractivity contribution >= 4 is 148 Å². The van der Waals surface area contributed by atoms with Gasteiger partial charge in [-0.1, -0.05) is 18.2 Å². The number of azo groups is 2. The first-order valence-electron chi connectivity index (χ1n) is 19.4. The minimum absolute atomic E-state index is 0.0372. The normalized spacial score (nSPS) is 12.8. The zero-order valence-corrected chi connectivity index (χ0v) is 41.6. The number of nitrogens with zero attached hydrogens (tertiary/aromatic N) is 7. The monoisotopic (exact) mass is 1160 g/mol. The zero-order chi connectivity index (χ0) is 54.3. The first-order chi connectivity index (χ1) is 34.4. The molecule has 388 valence electrons. The summed E-state index contributed by atoms with van der Waals surface area (Å²) < 4.78 is 176. The van der Waals surface area contributed by atoms with Gasteiger partial charge in [-0.25, -0.2) is 8.98 Å². The van der Waals surface area contributed by atoms with E-state index in [1.807, 2.05) is 0 Å². The lowest BCUT2D eigenvalue weighted by atomic mass is 10.1. The van der Waals surface area contributed by atoms with Crippen molar-refractivity contribution in [1.82, 2.24) is 15.0 Å². The number of carboxylic acid groups (broad SMARTS) is 1. The van der Waals surface area contributed by atoms with Crippen molar-refractivity contribution in [3.63, 3.8) is 0 Å². The van der Waals surface area contributed by atoms with Gasteiger partial charge in [-0.05, 0) is 89.1 Å². The van der Waals surface area contributed by atoms with E-state index in [4.69, 9.17) is 16.2 Å². The summed E-state index contributed by atoms with van der Waals surface area (Å²) in [6.07, 6.45) is 0. The molecule has 0 aliphatic rings. The third-order valence-electron chi connectivity index (χ3n) is 9.59. The van der Waals surface area contributed by atoms with Crippen molar-refractivity contribution in [3.05, 3.63) is 95.8 Å². The Morgan fingerprint density at radius 3 is 1.82 bits per heavy atom. The number of carbonyl (C=O) groups is 1. The lowest BCUT2D eigenvalue weighted by Crippen LogP contribution is -2.07. The number of rotatable bonds is 18. The summed E-state index contributed by atoms with van der Waals surface area (Å²) in [5.41, 5.74) is -3.88. The van der Waals surface area contributed by atoms with Gasteiger partial charge in [0, 0.05) is 21.7 Å². The van der Waals surface area contributed by atoms with Crippen LogP contribution >= 0.6 is 23.4 Å². The SMILES string of the molecule is O=C(O)c1ccccc1Nc1nc(Cl)nc(Nc2ccc3cc(S(=O)(=O)O)c(N=Nc4cc(S(=O)(=O)O)cc5cc(S(=O)(=O)O)c(N=Nc6ccc(SCCOS(=O)(=O)O)cc6S(=O)(=O)O)c(O)c45)c(O)c3c2)n1. The molecule has 0 aliphatic carbocycles. The summed E-state index contributed by atoms with van der Waals surface area (Å²) in [4.78, 5) is 19.3. The fourth-order valence-electron chi connectivity index (χ4n) is 6.54. The fraction of sp³-hybridized carbons (Fsp3) is 0.0526. The van der Waals surface area contributed by atoms with Crippen LogP contribution in [0.2, 0.25) is 5.28 Å². The van der Waals surface area contributed by atoms with Crippen molar-refractivity contribution in [2.75, 3.05) is 23.0 Å². The number of halogens is 1. The number of phenolic OH excluding ortho intramolecular Hbond substituents is 2. The number of hydrogen-bond donors (Lipinski definition) is 10. The fourth-order valence-corrected chi connectivity index (χ4v) is 10.4. The number of phenols is 2. The standard InChI is InChI=1S/C38H28ClN9O20S6/c39-36-42-37(44-38(43-36)41-24-4-2-1-3-22(24)35(51)52)40-19-6-5-17-12-28(72(59,60)61)31(33(49)23(17)14-19)47-46-26-16-21(70(53,54)55)11-18-13-29(73(62,63)64)32(34(50)30(18)26)48-45-25-8-7-20(15-27(25)71(56,57)58)69-10-9-68-74(65,66)67/h1-8,11-16,49-50H,9-10H2,(H,51,52)(H,53,54,55)(H,56,57,58)(H,59,60,61)(H,62,63,64)(H,65,66,67)(H2,40,41,42,43,44). The van der Waals surface area contributed by atoms with Crippen LogP contribution < -0.4 is 10.6 Å². The summed E-state index contributed by atoms with van der Waals surface area (Å²) in [6.45, 7) is -0.583. The lowest BCUT2D eigenvalue weighted by Gasteiger charge is -2.13. The number of hydrogen-bond acceptors (Lipinski definition) is 24. The number of carboxylic acids is 1. The maximum absolute atomic E-state index is 12.7. The molecular formula is C38H28ClN9O20S6. The number of fused-ring (bicyclic) bond motifs is 2. The van der Waals surface area contributed by atoms with Crippen molar-refractivity contribution in [3.8, 4) is 11.5 Å². The third-order valence-corrected chi connectivity index (χ3v) is 14.6. The number of aromatic carboxylic acids is 1. The minimum atomic E-state index is -5.53. The molecule has 0 spiro atoms. The second kappa shape index (κ2) is 20.6. The highest BCUT2D eigenvalue weighted by atomic mass is 35.5. The quantitative estimate of drug-likeness (QED) is 0.0176. The van der Waals surface area contributed by atoms with Crippen LogP contribution in [0, 0.1) is 0 Å². The smallest absolute Gasteiger partial charge is 0.397 e. The Kier molecular flexibility index (Phi) is 15.2. The molecule has 7 rings (SSSR count). The number of para-hydroxylation sites is 1. The number of anilines is 4. The van der Waals surface area contributed by atoms with E-state index in [0.29, 0.717) is 18.2 Å². The highest BCUT2D eigenvalue weighted by Gasteiger charge is 2.28. The Bertz CT molecular complexity index is 4150. The molecule has 10 N–H and O–H groups in total. The van der Waals surface area contributed by atoms with Crippen molar-refractivity contribution < 1.29 is 89.1 Å². The second-order valence-corrected chi connectivity index (χ2v) is 22.7. The second-order valence-electron chi connectivity index (χ2n) is 14.5. The maximum atomic E-state index is 12.7. The van der Waals surface area contributed by atoms with E-state index in [-0.39, 0.29) is 55.5 Å². The van der Waals surface area contributed by atoms with Crippen LogP contribution in [0.4, 0.5) is 46.0 Å². The van der Waals surface area contributed by atoms with Gasteiger partial charge in [0.1, 0.15) is 31.7 Å². The average Bonchev–Trinajstić information content (AvgIpc) is 3.28. The lowest BCUT2D eigenvalue weighted by molar-refractivity contribution is 0.0697. The van der Waals surface area contributed by atoms with Gasteiger partial charge in [-0.3, -0.25) is 22.8 Å². The number of aromatic hydroxyl groups is 2. The number of aromatic nitrogens is 3. The molecule has 36 heteroatoms. The van der Waals surface area contributed by atoms with Gasteiger partial charge >= 0.3 is 16.4 Å². The van der Waals surface area contributed by atoms with Gasteiger partial charge < -0.3 is 26.0 Å². The summed E-state index contributed by atoms with van der Waals surface area (Å²) in [5.74, 6) is -4.30. The number of thioether (sulfide) groups is 1. The highest BCUT2D eigenvalue weighted by Crippen LogP contribution is 2.48. The van der Waals surface area contributed by atoms with Gasteiger partial charge in [0.25, 0.3) is 40.5 Å². The summed E-state index contributed by atoms with van der Waals surface area (Å²) in [7, 11) is -26.2. The Labute approximate surface area is 424 Å².